The van der Waals surface area contributed by atoms with E-state index >= 15 is 0 Å². The SMILES string of the molecule is CC(C)(C)C(=O)N1CCN(CC(=O)N2CCc3ccccc3C2)CC1. The Morgan fingerprint density at radius 3 is 2.20 bits per heavy atom. The molecule has 136 valence electrons. The third-order valence-corrected chi connectivity index (χ3v) is 5.14. The van der Waals surface area contributed by atoms with Crippen LogP contribution in [-0.2, 0) is 22.6 Å². The highest BCUT2D eigenvalue weighted by Gasteiger charge is 2.30. The average Bonchev–Trinajstić information content (AvgIpc) is 2.60. The van der Waals surface area contributed by atoms with Gasteiger partial charge >= 0.3 is 0 Å². The summed E-state index contributed by atoms with van der Waals surface area (Å²) in [6.07, 6.45) is 0.940. The van der Waals surface area contributed by atoms with Gasteiger partial charge in [-0.15, -0.1) is 0 Å². The van der Waals surface area contributed by atoms with Gasteiger partial charge in [-0.2, -0.15) is 0 Å². The van der Waals surface area contributed by atoms with Gasteiger partial charge in [-0.1, -0.05) is 45.0 Å². The molecule has 2 heterocycles. The number of nitrogens with zero attached hydrogens (tertiary/aromatic N) is 3. The molecule has 5 nitrogen and oxygen atoms in total. The van der Waals surface area contributed by atoms with Crippen molar-refractivity contribution in [1.82, 2.24) is 14.7 Å². The number of benzene rings is 1. The quantitative estimate of drug-likeness (QED) is 0.822. The second kappa shape index (κ2) is 7.16. The second-order valence-electron chi connectivity index (χ2n) is 8.15. The van der Waals surface area contributed by atoms with Crippen LogP contribution in [0.15, 0.2) is 24.3 Å². The van der Waals surface area contributed by atoms with Crippen LogP contribution in [0.2, 0.25) is 0 Å². The maximum absolute atomic E-state index is 12.7. The lowest BCUT2D eigenvalue weighted by molar-refractivity contribution is -0.141. The Labute approximate surface area is 150 Å². The van der Waals surface area contributed by atoms with Gasteiger partial charge in [0.25, 0.3) is 0 Å². The van der Waals surface area contributed by atoms with E-state index in [1.54, 1.807) is 0 Å². The topological polar surface area (TPSA) is 43.9 Å². The van der Waals surface area contributed by atoms with Crippen molar-refractivity contribution >= 4 is 11.8 Å². The molecular weight excluding hydrogens is 314 g/mol. The Kier molecular flexibility index (Phi) is 5.13. The summed E-state index contributed by atoms with van der Waals surface area (Å²) in [6.45, 7) is 10.8. The summed E-state index contributed by atoms with van der Waals surface area (Å²) < 4.78 is 0. The van der Waals surface area contributed by atoms with Crippen LogP contribution in [0, 0.1) is 5.41 Å². The van der Waals surface area contributed by atoms with Crippen LogP contribution in [0.3, 0.4) is 0 Å². The Bertz CT molecular complexity index is 643. The van der Waals surface area contributed by atoms with Gasteiger partial charge in [-0.3, -0.25) is 14.5 Å². The minimum absolute atomic E-state index is 0.199. The van der Waals surface area contributed by atoms with E-state index in [2.05, 4.69) is 23.1 Å². The number of hydrogen-bond acceptors (Lipinski definition) is 3. The van der Waals surface area contributed by atoms with Gasteiger partial charge in [0, 0.05) is 44.7 Å². The normalized spacial score (nSPS) is 18.8. The number of carbonyl (C=O) groups is 2. The van der Waals surface area contributed by atoms with Crippen molar-refractivity contribution in [2.75, 3.05) is 39.3 Å². The van der Waals surface area contributed by atoms with Crippen molar-refractivity contribution in [2.45, 2.75) is 33.7 Å². The second-order valence-corrected chi connectivity index (χ2v) is 8.15. The number of amides is 2. The fourth-order valence-electron chi connectivity index (χ4n) is 3.58. The summed E-state index contributed by atoms with van der Waals surface area (Å²) in [5, 5.41) is 0. The zero-order valence-electron chi connectivity index (χ0n) is 15.6. The van der Waals surface area contributed by atoms with Crippen molar-refractivity contribution in [1.29, 1.82) is 0 Å². The molecule has 0 unspecified atom stereocenters. The minimum atomic E-state index is -0.334. The Hall–Kier alpha value is -1.88. The molecule has 0 N–H and O–H groups in total. The van der Waals surface area contributed by atoms with Gasteiger partial charge in [-0.25, -0.2) is 0 Å². The zero-order valence-corrected chi connectivity index (χ0v) is 15.6. The molecule has 1 aromatic carbocycles. The van der Waals surface area contributed by atoms with Gasteiger partial charge < -0.3 is 9.80 Å². The van der Waals surface area contributed by atoms with Crippen LogP contribution in [0.25, 0.3) is 0 Å². The third kappa shape index (κ3) is 4.21. The van der Waals surface area contributed by atoms with E-state index in [9.17, 15) is 9.59 Å². The monoisotopic (exact) mass is 343 g/mol. The van der Waals surface area contributed by atoms with E-state index < -0.39 is 0 Å². The Morgan fingerprint density at radius 1 is 0.920 bits per heavy atom. The average molecular weight is 343 g/mol. The van der Waals surface area contributed by atoms with Crippen molar-refractivity contribution in [3.05, 3.63) is 35.4 Å². The fourth-order valence-corrected chi connectivity index (χ4v) is 3.58. The first-order valence-electron chi connectivity index (χ1n) is 9.21. The van der Waals surface area contributed by atoms with Gasteiger partial charge in [0.15, 0.2) is 0 Å². The Morgan fingerprint density at radius 2 is 1.56 bits per heavy atom. The molecule has 0 bridgehead atoms. The van der Waals surface area contributed by atoms with Gasteiger partial charge in [-0.05, 0) is 17.5 Å². The van der Waals surface area contributed by atoms with E-state index in [1.165, 1.54) is 11.1 Å². The highest BCUT2D eigenvalue weighted by atomic mass is 16.2. The predicted octanol–water partition coefficient (Wildman–Crippen LogP) is 1.76. The van der Waals surface area contributed by atoms with E-state index in [0.717, 1.165) is 32.6 Å². The first-order chi connectivity index (χ1) is 11.8. The third-order valence-electron chi connectivity index (χ3n) is 5.14. The molecule has 25 heavy (non-hydrogen) atoms. The molecule has 2 aliphatic rings. The smallest absolute Gasteiger partial charge is 0.237 e. The maximum Gasteiger partial charge on any atom is 0.237 e. The molecule has 0 atom stereocenters. The molecule has 0 saturated carbocycles. The Balaban J connectivity index is 1.50. The van der Waals surface area contributed by atoms with Crippen LogP contribution < -0.4 is 0 Å². The summed E-state index contributed by atoms with van der Waals surface area (Å²) in [4.78, 5) is 31.1. The number of fused-ring (bicyclic) bond motifs is 1. The maximum atomic E-state index is 12.7. The molecule has 0 radical (unpaired) electrons. The zero-order chi connectivity index (χ0) is 18.0. The van der Waals surface area contributed by atoms with Gasteiger partial charge in [0.05, 0.1) is 6.54 Å². The lowest BCUT2D eigenvalue weighted by Crippen LogP contribution is -2.53. The van der Waals surface area contributed by atoms with Crippen molar-refractivity contribution < 1.29 is 9.59 Å². The van der Waals surface area contributed by atoms with Crippen LogP contribution in [0.5, 0.6) is 0 Å². The molecule has 2 amide bonds. The van der Waals surface area contributed by atoms with Crippen molar-refractivity contribution in [3.8, 4) is 0 Å². The van der Waals surface area contributed by atoms with E-state index in [-0.39, 0.29) is 17.2 Å². The van der Waals surface area contributed by atoms with Gasteiger partial charge in [0.1, 0.15) is 0 Å². The van der Waals surface area contributed by atoms with Crippen LogP contribution in [-0.4, -0.2) is 65.8 Å². The highest BCUT2D eigenvalue weighted by molar-refractivity contribution is 5.82. The lowest BCUT2D eigenvalue weighted by Gasteiger charge is -2.38. The number of hydrogen-bond donors (Lipinski definition) is 0. The summed E-state index contributed by atoms with van der Waals surface area (Å²) in [7, 11) is 0. The first kappa shape index (κ1) is 17.9. The molecule has 0 aromatic heterocycles. The van der Waals surface area contributed by atoms with Crippen LogP contribution in [0.1, 0.15) is 31.9 Å². The molecule has 0 spiro atoms. The molecule has 1 aromatic rings. The van der Waals surface area contributed by atoms with E-state index in [1.807, 2.05) is 36.6 Å². The molecule has 0 aliphatic carbocycles. The van der Waals surface area contributed by atoms with Crippen molar-refractivity contribution in [3.63, 3.8) is 0 Å². The predicted molar refractivity (Wildman–Crippen MR) is 98.0 cm³/mol. The highest BCUT2D eigenvalue weighted by Crippen LogP contribution is 2.20. The van der Waals surface area contributed by atoms with E-state index in [0.29, 0.717) is 19.6 Å². The first-order valence-corrected chi connectivity index (χ1v) is 9.21. The molecule has 3 rings (SSSR count). The molecule has 1 fully saturated rings. The lowest BCUT2D eigenvalue weighted by atomic mass is 9.94. The van der Waals surface area contributed by atoms with E-state index in [4.69, 9.17) is 0 Å². The number of carbonyl (C=O) groups excluding carboxylic acids is 2. The largest absolute Gasteiger partial charge is 0.340 e. The number of piperazine rings is 1. The summed E-state index contributed by atoms with van der Waals surface area (Å²) in [5.41, 5.74) is 2.29. The molecule has 2 aliphatic heterocycles. The fraction of sp³-hybridized carbons (Fsp3) is 0.600. The summed E-state index contributed by atoms with van der Waals surface area (Å²) in [5.74, 6) is 0.399. The molecule has 1 saturated heterocycles. The minimum Gasteiger partial charge on any atom is -0.340 e. The van der Waals surface area contributed by atoms with Crippen LogP contribution >= 0.6 is 0 Å². The summed E-state index contributed by atoms with van der Waals surface area (Å²) >= 11 is 0. The van der Waals surface area contributed by atoms with Gasteiger partial charge in [0.2, 0.25) is 11.8 Å². The standard InChI is InChI=1S/C20H29N3O2/c1-20(2,3)19(25)22-12-10-21(11-13-22)15-18(24)23-9-8-16-6-4-5-7-17(16)14-23/h4-7H,8-15H2,1-3H3. The number of rotatable bonds is 2. The summed E-state index contributed by atoms with van der Waals surface area (Å²) in [6, 6.07) is 8.38. The van der Waals surface area contributed by atoms with Crippen molar-refractivity contribution in [2.24, 2.45) is 5.41 Å². The molecular formula is C20H29N3O2. The van der Waals surface area contributed by atoms with Crippen LogP contribution in [0.4, 0.5) is 0 Å². The molecule has 5 heteroatoms.